The van der Waals surface area contributed by atoms with Crippen molar-refractivity contribution < 1.29 is 0 Å². The average Bonchev–Trinajstić information content (AvgIpc) is 2.90. The van der Waals surface area contributed by atoms with Crippen molar-refractivity contribution in [2.24, 2.45) is 5.92 Å². The van der Waals surface area contributed by atoms with Gasteiger partial charge in [0.1, 0.15) is 0 Å². The van der Waals surface area contributed by atoms with Crippen molar-refractivity contribution in [3.05, 3.63) is 17.5 Å². The highest BCUT2D eigenvalue weighted by atomic mass is 15.1. The molecule has 1 aromatic heterocycles. The van der Waals surface area contributed by atoms with Gasteiger partial charge in [-0.25, -0.2) is 0 Å². The first kappa shape index (κ1) is 14.6. The predicted octanol–water partition coefficient (Wildman–Crippen LogP) is 2.34. The standard InChI is InChI=1S/C15H21N5/c1-12-15(10-18-19-12)14-4-7-20(8-5-14)11-13(9-17)3-2-6-16/h10,13-14H,2-5,7-8,11H2,1H3,(H,18,19). The summed E-state index contributed by atoms with van der Waals surface area (Å²) < 4.78 is 0. The molecule has 1 aliphatic heterocycles. The van der Waals surface area contributed by atoms with Crippen LogP contribution in [0.1, 0.15) is 42.9 Å². The van der Waals surface area contributed by atoms with Gasteiger partial charge in [-0.15, -0.1) is 0 Å². The molecule has 1 saturated heterocycles. The second-order valence-electron chi connectivity index (χ2n) is 5.55. The molecule has 0 spiro atoms. The van der Waals surface area contributed by atoms with Gasteiger partial charge >= 0.3 is 0 Å². The van der Waals surface area contributed by atoms with E-state index in [0.717, 1.165) is 32.5 Å². The topological polar surface area (TPSA) is 79.5 Å². The zero-order valence-corrected chi connectivity index (χ0v) is 12.0. The summed E-state index contributed by atoms with van der Waals surface area (Å²) in [5.41, 5.74) is 2.51. The minimum atomic E-state index is -0.0122. The van der Waals surface area contributed by atoms with Gasteiger partial charge in [0, 0.05) is 18.7 Å². The normalized spacial score (nSPS) is 18.4. The van der Waals surface area contributed by atoms with Crippen LogP contribution in [0, 0.1) is 35.5 Å². The Hall–Kier alpha value is -1.85. The third kappa shape index (κ3) is 3.59. The van der Waals surface area contributed by atoms with E-state index in [4.69, 9.17) is 10.5 Å². The minimum absolute atomic E-state index is 0.0122. The molecule has 2 heterocycles. The first-order valence-electron chi connectivity index (χ1n) is 7.23. The number of hydrogen-bond acceptors (Lipinski definition) is 4. The molecule has 20 heavy (non-hydrogen) atoms. The molecule has 2 rings (SSSR count). The van der Waals surface area contributed by atoms with E-state index in [2.05, 4.69) is 34.2 Å². The number of aromatic amines is 1. The second-order valence-corrected chi connectivity index (χ2v) is 5.55. The number of rotatable bonds is 5. The number of nitriles is 2. The quantitative estimate of drug-likeness (QED) is 0.891. The number of aryl methyl sites for hydroxylation is 1. The lowest BCUT2D eigenvalue weighted by molar-refractivity contribution is 0.193. The van der Waals surface area contributed by atoms with E-state index in [9.17, 15) is 0 Å². The molecule has 0 saturated carbocycles. The highest BCUT2D eigenvalue weighted by Gasteiger charge is 2.24. The fourth-order valence-electron chi connectivity index (χ4n) is 2.95. The van der Waals surface area contributed by atoms with Crippen molar-refractivity contribution in [1.29, 1.82) is 10.5 Å². The van der Waals surface area contributed by atoms with E-state index < -0.39 is 0 Å². The number of nitrogens with one attached hydrogen (secondary N) is 1. The van der Waals surface area contributed by atoms with Crippen LogP contribution in [-0.4, -0.2) is 34.7 Å². The molecule has 0 aromatic carbocycles. The maximum absolute atomic E-state index is 9.12. The van der Waals surface area contributed by atoms with Gasteiger partial charge in [0.25, 0.3) is 0 Å². The Labute approximate surface area is 120 Å². The second kappa shape index (κ2) is 7.07. The lowest BCUT2D eigenvalue weighted by atomic mass is 9.89. The molecular formula is C15H21N5. The number of hydrogen-bond donors (Lipinski definition) is 1. The van der Waals surface area contributed by atoms with Crippen LogP contribution in [0.3, 0.4) is 0 Å². The van der Waals surface area contributed by atoms with Crippen LogP contribution in [0.4, 0.5) is 0 Å². The third-order valence-electron chi connectivity index (χ3n) is 4.16. The Kier molecular flexibility index (Phi) is 5.15. The van der Waals surface area contributed by atoms with Gasteiger partial charge in [0.15, 0.2) is 0 Å². The molecule has 0 radical (unpaired) electrons. The van der Waals surface area contributed by atoms with Crippen LogP contribution < -0.4 is 0 Å². The molecular weight excluding hydrogens is 250 g/mol. The van der Waals surface area contributed by atoms with Crippen molar-refractivity contribution in [3.63, 3.8) is 0 Å². The SMILES string of the molecule is Cc1[nH]ncc1C1CCN(CC(C#N)CCC#N)CC1. The van der Waals surface area contributed by atoms with Gasteiger partial charge < -0.3 is 4.90 Å². The Morgan fingerprint density at radius 1 is 1.45 bits per heavy atom. The summed E-state index contributed by atoms with van der Waals surface area (Å²) in [5.74, 6) is 0.575. The van der Waals surface area contributed by atoms with Gasteiger partial charge in [-0.2, -0.15) is 15.6 Å². The van der Waals surface area contributed by atoms with E-state index in [1.165, 1.54) is 11.3 Å². The van der Waals surface area contributed by atoms with Crippen molar-refractivity contribution in [2.75, 3.05) is 19.6 Å². The Morgan fingerprint density at radius 2 is 2.20 bits per heavy atom. The van der Waals surface area contributed by atoms with Gasteiger partial charge in [-0.3, -0.25) is 5.10 Å². The van der Waals surface area contributed by atoms with Crippen molar-refractivity contribution in [1.82, 2.24) is 15.1 Å². The number of H-pyrrole nitrogens is 1. The third-order valence-corrected chi connectivity index (χ3v) is 4.16. The summed E-state index contributed by atoms with van der Waals surface area (Å²) in [6, 6.07) is 4.45. The van der Waals surface area contributed by atoms with Crippen LogP contribution in [0.15, 0.2) is 6.20 Å². The summed E-state index contributed by atoms with van der Waals surface area (Å²) in [4.78, 5) is 2.36. The smallest absolute Gasteiger partial charge is 0.0669 e. The molecule has 0 bridgehead atoms. The molecule has 1 atom stereocenters. The molecule has 1 aromatic rings. The van der Waals surface area contributed by atoms with Crippen LogP contribution in [-0.2, 0) is 0 Å². The Morgan fingerprint density at radius 3 is 2.75 bits per heavy atom. The zero-order valence-electron chi connectivity index (χ0n) is 12.0. The highest BCUT2D eigenvalue weighted by Crippen LogP contribution is 2.29. The van der Waals surface area contributed by atoms with Crippen molar-refractivity contribution in [2.45, 2.75) is 38.5 Å². The highest BCUT2D eigenvalue weighted by molar-refractivity contribution is 5.20. The zero-order chi connectivity index (χ0) is 14.4. The van der Waals surface area contributed by atoms with Crippen LogP contribution in [0.2, 0.25) is 0 Å². The fourth-order valence-corrected chi connectivity index (χ4v) is 2.95. The fraction of sp³-hybridized carbons (Fsp3) is 0.667. The van der Waals surface area contributed by atoms with Crippen LogP contribution in [0.25, 0.3) is 0 Å². The molecule has 5 nitrogen and oxygen atoms in total. The largest absolute Gasteiger partial charge is 0.302 e. The molecule has 0 aliphatic carbocycles. The average molecular weight is 271 g/mol. The summed E-state index contributed by atoms with van der Waals surface area (Å²) in [6.07, 6.45) is 5.35. The minimum Gasteiger partial charge on any atom is -0.302 e. The molecule has 1 N–H and O–H groups in total. The van der Waals surface area contributed by atoms with E-state index in [1.807, 2.05) is 6.20 Å². The van der Waals surface area contributed by atoms with Gasteiger partial charge in [0.2, 0.25) is 0 Å². The summed E-state index contributed by atoms with van der Waals surface area (Å²) >= 11 is 0. The van der Waals surface area contributed by atoms with Gasteiger partial charge in [0.05, 0.1) is 24.3 Å². The van der Waals surface area contributed by atoms with E-state index in [-0.39, 0.29) is 5.92 Å². The van der Waals surface area contributed by atoms with E-state index in [1.54, 1.807) is 0 Å². The number of nitrogens with zero attached hydrogens (tertiary/aromatic N) is 4. The molecule has 5 heteroatoms. The number of aromatic nitrogens is 2. The van der Waals surface area contributed by atoms with Gasteiger partial charge in [-0.1, -0.05) is 0 Å². The van der Waals surface area contributed by atoms with Crippen molar-refractivity contribution >= 4 is 0 Å². The van der Waals surface area contributed by atoms with Gasteiger partial charge in [-0.05, 0) is 50.8 Å². The van der Waals surface area contributed by atoms with Crippen LogP contribution in [0.5, 0.6) is 0 Å². The monoisotopic (exact) mass is 271 g/mol. The Balaban J connectivity index is 1.81. The van der Waals surface area contributed by atoms with E-state index >= 15 is 0 Å². The summed E-state index contributed by atoms with van der Waals surface area (Å²) in [5, 5.41) is 24.8. The molecule has 106 valence electrons. The molecule has 1 fully saturated rings. The maximum Gasteiger partial charge on any atom is 0.0669 e. The maximum atomic E-state index is 9.12. The molecule has 0 amide bonds. The van der Waals surface area contributed by atoms with Crippen LogP contribution >= 0.6 is 0 Å². The first-order valence-corrected chi connectivity index (χ1v) is 7.23. The molecule has 1 unspecified atom stereocenters. The first-order chi connectivity index (χ1) is 9.74. The summed E-state index contributed by atoms with van der Waals surface area (Å²) in [6.45, 7) is 4.93. The van der Waals surface area contributed by atoms with E-state index in [0.29, 0.717) is 18.8 Å². The lowest BCUT2D eigenvalue weighted by Gasteiger charge is -2.32. The Bertz CT molecular complexity index is 499. The lowest BCUT2D eigenvalue weighted by Crippen LogP contribution is -2.36. The number of likely N-dealkylation sites (tertiary alicyclic amines) is 1. The number of piperidine rings is 1. The van der Waals surface area contributed by atoms with Crippen molar-refractivity contribution in [3.8, 4) is 12.1 Å². The predicted molar refractivity (Wildman–Crippen MR) is 75.7 cm³/mol. The molecule has 1 aliphatic rings. The summed E-state index contributed by atoms with van der Waals surface area (Å²) in [7, 11) is 0.